The van der Waals surface area contributed by atoms with Gasteiger partial charge in [-0.05, 0) is 5.56 Å². The zero-order valence-electron chi connectivity index (χ0n) is 7.57. The molecule has 0 aliphatic heterocycles. The summed E-state index contributed by atoms with van der Waals surface area (Å²) < 4.78 is 9.89. The molecule has 0 radical (unpaired) electrons. The lowest BCUT2D eigenvalue weighted by atomic mass is 10.2. The first-order chi connectivity index (χ1) is 6.30. The van der Waals surface area contributed by atoms with Crippen molar-refractivity contribution in [3.63, 3.8) is 0 Å². The molecule has 68 valence electrons. The second-order valence-electron chi connectivity index (χ2n) is 2.40. The van der Waals surface area contributed by atoms with E-state index in [-0.39, 0.29) is 0 Å². The minimum atomic E-state index is 0.329. The lowest BCUT2D eigenvalue weighted by molar-refractivity contribution is 0.364. The van der Waals surface area contributed by atoms with Gasteiger partial charge in [0.05, 0.1) is 26.7 Å². The van der Waals surface area contributed by atoms with E-state index in [1.165, 1.54) is 14.2 Å². The fourth-order valence-corrected chi connectivity index (χ4v) is 0.935. The molecule has 4 nitrogen and oxygen atoms in total. The minimum Gasteiger partial charge on any atom is -0.481 e. The van der Waals surface area contributed by atoms with Gasteiger partial charge in [-0.2, -0.15) is 10.2 Å². The molecule has 0 aromatic carbocycles. The van der Waals surface area contributed by atoms with E-state index < -0.39 is 0 Å². The van der Waals surface area contributed by atoms with Crippen LogP contribution in [0.25, 0.3) is 0 Å². The van der Waals surface area contributed by atoms with Gasteiger partial charge in [-0.15, -0.1) is 0 Å². The molecule has 0 amide bonds. The van der Waals surface area contributed by atoms with E-state index in [9.17, 15) is 0 Å². The van der Waals surface area contributed by atoms with Gasteiger partial charge in [0.2, 0.25) is 11.8 Å². The molecule has 1 aromatic rings. The number of methoxy groups -OCH3 is 2. The second-order valence-corrected chi connectivity index (χ2v) is 2.40. The maximum absolute atomic E-state index is 8.49. The molecule has 1 heterocycles. The standard InChI is InChI=1S/C9H10N2O2/c1-12-8-5-7(3-4-10)6-9(11-8)13-2/h5-6H,3H2,1-2H3. The van der Waals surface area contributed by atoms with Crippen molar-refractivity contribution in [1.82, 2.24) is 4.98 Å². The molecule has 0 N–H and O–H groups in total. The Morgan fingerprint density at radius 3 is 2.23 bits per heavy atom. The predicted molar refractivity (Wildman–Crippen MR) is 46.7 cm³/mol. The molecule has 0 aliphatic rings. The highest BCUT2D eigenvalue weighted by Gasteiger charge is 2.02. The first-order valence-electron chi connectivity index (χ1n) is 3.76. The Bertz CT molecular complexity index is 309. The first kappa shape index (κ1) is 9.33. The monoisotopic (exact) mass is 178 g/mol. The number of pyridine rings is 1. The summed E-state index contributed by atoms with van der Waals surface area (Å²) in [6.45, 7) is 0. The second kappa shape index (κ2) is 4.31. The molecule has 0 atom stereocenters. The van der Waals surface area contributed by atoms with Gasteiger partial charge in [0.1, 0.15) is 0 Å². The molecule has 1 aromatic heterocycles. The fraction of sp³-hybridized carbons (Fsp3) is 0.333. The Hall–Kier alpha value is -1.76. The Labute approximate surface area is 76.7 Å². The third kappa shape index (κ3) is 2.34. The van der Waals surface area contributed by atoms with Crippen molar-refractivity contribution in [2.24, 2.45) is 0 Å². The number of ether oxygens (including phenoxy) is 2. The zero-order valence-corrected chi connectivity index (χ0v) is 7.57. The van der Waals surface area contributed by atoms with Crippen molar-refractivity contribution in [2.75, 3.05) is 14.2 Å². The fourth-order valence-electron chi connectivity index (χ4n) is 0.935. The van der Waals surface area contributed by atoms with Crippen LogP contribution in [0.5, 0.6) is 11.8 Å². The molecule has 0 fully saturated rings. The lowest BCUT2D eigenvalue weighted by Gasteiger charge is -2.04. The molecule has 0 aliphatic carbocycles. The Balaban J connectivity index is 3.01. The zero-order chi connectivity index (χ0) is 9.68. The van der Waals surface area contributed by atoms with Gasteiger partial charge in [-0.25, -0.2) is 0 Å². The molecule has 4 heteroatoms. The van der Waals surface area contributed by atoms with Crippen molar-refractivity contribution in [3.05, 3.63) is 17.7 Å². The highest BCUT2D eigenvalue weighted by atomic mass is 16.5. The average Bonchev–Trinajstić information content (AvgIpc) is 2.17. The van der Waals surface area contributed by atoms with Crippen molar-refractivity contribution in [3.8, 4) is 17.8 Å². The van der Waals surface area contributed by atoms with Gasteiger partial charge in [0.15, 0.2) is 0 Å². The highest BCUT2D eigenvalue weighted by molar-refractivity contribution is 5.30. The van der Waals surface area contributed by atoms with Crippen molar-refractivity contribution in [1.29, 1.82) is 5.26 Å². The van der Waals surface area contributed by atoms with Crippen LogP contribution in [-0.2, 0) is 6.42 Å². The van der Waals surface area contributed by atoms with Gasteiger partial charge >= 0.3 is 0 Å². The average molecular weight is 178 g/mol. The van der Waals surface area contributed by atoms with Crippen LogP contribution in [0.4, 0.5) is 0 Å². The number of aromatic nitrogens is 1. The van der Waals surface area contributed by atoms with Gasteiger partial charge in [0.25, 0.3) is 0 Å². The van der Waals surface area contributed by atoms with E-state index in [2.05, 4.69) is 4.98 Å². The van der Waals surface area contributed by atoms with E-state index in [0.717, 1.165) is 5.56 Å². The van der Waals surface area contributed by atoms with Crippen LogP contribution in [-0.4, -0.2) is 19.2 Å². The maximum atomic E-state index is 8.49. The van der Waals surface area contributed by atoms with Crippen LogP contribution in [0, 0.1) is 11.3 Å². The summed E-state index contributed by atoms with van der Waals surface area (Å²) in [4.78, 5) is 4.00. The number of hydrogen-bond acceptors (Lipinski definition) is 4. The number of nitriles is 1. The normalized spacial score (nSPS) is 9.00. The largest absolute Gasteiger partial charge is 0.481 e. The third-order valence-electron chi connectivity index (χ3n) is 1.54. The number of hydrogen-bond donors (Lipinski definition) is 0. The summed E-state index contributed by atoms with van der Waals surface area (Å²) >= 11 is 0. The Kier molecular flexibility index (Phi) is 3.09. The summed E-state index contributed by atoms with van der Waals surface area (Å²) in [6, 6.07) is 5.48. The molecule has 0 unspecified atom stereocenters. The molecular formula is C9H10N2O2. The van der Waals surface area contributed by atoms with Crippen LogP contribution in [0.1, 0.15) is 5.56 Å². The van der Waals surface area contributed by atoms with Gasteiger partial charge < -0.3 is 9.47 Å². The van der Waals surface area contributed by atoms with E-state index in [0.29, 0.717) is 18.2 Å². The van der Waals surface area contributed by atoms with E-state index in [1.807, 2.05) is 6.07 Å². The molecule has 0 bridgehead atoms. The van der Waals surface area contributed by atoms with Crippen LogP contribution in [0.3, 0.4) is 0 Å². The molecular weight excluding hydrogens is 168 g/mol. The molecule has 0 spiro atoms. The summed E-state index contributed by atoms with van der Waals surface area (Å²) in [5, 5.41) is 8.49. The van der Waals surface area contributed by atoms with Crippen LogP contribution < -0.4 is 9.47 Å². The number of nitrogens with zero attached hydrogens (tertiary/aromatic N) is 2. The molecule has 0 saturated carbocycles. The third-order valence-corrected chi connectivity index (χ3v) is 1.54. The number of rotatable bonds is 3. The van der Waals surface area contributed by atoms with Crippen LogP contribution in [0.2, 0.25) is 0 Å². The molecule has 0 saturated heterocycles. The summed E-state index contributed by atoms with van der Waals surface area (Å²) in [7, 11) is 3.05. The van der Waals surface area contributed by atoms with Crippen LogP contribution >= 0.6 is 0 Å². The Morgan fingerprint density at radius 2 is 1.85 bits per heavy atom. The summed E-state index contributed by atoms with van der Waals surface area (Å²) in [6.07, 6.45) is 0.329. The quantitative estimate of drug-likeness (QED) is 0.697. The van der Waals surface area contributed by atoms with Crippen molar-refractivity contribution >= 4 is 0 Å². The first-order valence-corrected chi connectivity index (χ1v) is 3.76. The van der Waals surface area contributed by atoms with E-state index in [4.69, 9.17) is 14.7 Å². The van der Waals surface area contributed by atoms with Crippen molar-refractivity contribution < 1.29 is 9.47 Å². The predicted octanol–water partition coefficient (Wildman–Crippen LogP) is 1.16. The van der Waals surface area contributed by atoms with Crippen molar-refractivity contribution in [2.45, 2.75) is 6.42 Å². The van der Waals surface area contributed by atoms with Gasteiger partial charge in [0, 0.05) is 12.1 Å². The van der Waals surface area contributed by atoms with E-state index >= 15 is 0 Å². The van der Waals surface area contributed by atoms with Gasteiger partial charge in [-0.1, -0.05) is 0 Å². The summed E-state index contributed by atoms with van der Waals surface area (Å²) in [5.74, 6) is 0.925. The topological polar surface area (TPSA) is 55.1 Å². The lowest BCUT2D eigenvalue weighted by Crippen LogP contribution is -1.94. The highest BCUT2D eigenvalue weighted by Crippen LogP contribution is 2.17. The smallest absolute Gasteiger partial charge is 0.216 e. The van der Waals surface area contributed by atoms with E-state index in [1.54, 1.807) is 12.1 Å². The summed E-state index contributed by atoms with van der Waals surface area (Å²) in [5.41, 5.74) is 0.839. The molecule has 1 rings (SSSR count). The SMILES string of the molecule is COc1cc(CC#N)cc(OC)n1. The minimum absolute atomic E-state index is 0.329. The maximum Gasteiger partial charge on any atom is 0.216 e. The van der Waals surface area contributed by atoms with Crippen LogP contribution in [0.15, 0.2) is 12.1 Å². The Morgan fingerprint density at radius 1 is 1.31 bits per heavy atom. The molecule has 13 heavy (non-hydrogen) atoms. The van der Waals surface area contributed by atoms with Gasteiger partial charge in [-0.3, -0.25) is 0 Å².